The normalized spacial score (nSPS) is 14.7. The summed E-state index contributed by atoms with van der Waals surface area (Å²) >= 11 is 1.89. The van der Waals surface area contributed by atoms with Crippen LogP contribution >= 0.6 is 11.3 Å². The molecule has 1 aliphatic rings. The standard InChI is InChI=1S/C28H38N4OS/c1-5-31-17-14-23-25(19-31)34-27(32-15-6-7-16-32)26(23)24(13-8-20(2)3)30-28(33)29-18-22-11-9-21(4)10-12-22/h6-7,9-12,15-16,20,24H,5,8,13-14,17-19H2,1-4H3,(H2,29,30,33). The Balaban J connectivity index is 1.60. The van der Waals surface area contributed by atoms with E-state index in [1.807, 2.05) is 11.3 Å². The van der Waals surface area contributed by atoms with Crippen molar-refractivity contribution >= 4 is 17.4 Å². The zero-order chi connectivity index (χ0) is 24.1. The lowest BCUT2D eigenvalue weighted by molar-refractivity contribution is 0.235. The Morgan fingerprint density at radius 3 is 2.53 bits per heavy atom. The number of thiophene rings is 1. The number of aromatic nitrogens is 1. The van der Waals surface area contributed by atoms with Gasteiger partial charge in [-0.15, -0.1) is 11.3 Å². The van der Waals surface area contributed by atoms with Crippen LogP contribution in [0.5, 0.6) is 0 Å². The zero-order valence-electron chi connectivity index (χ0n) is 20.9. The molecule has 6 heteroatoms. The van der Waals surface area contributed by atoms with Crippen LogP contribution in [0.25, 0.3) is 5.00 Å². The van der Waals surface area contributed by atoms with E-state index in [9.17, 15) is 4.79 Å². The van der Waals surface area contributed by atoms with E-state index >= 15 is 0 Å². The molecular formula is C28H38N4OS. The first-order valence-corrected chi connectivity index (χ1v) is 13.4. The molecule has 5 nitrogen and oxygen atoms in total. The minimum absolute atomic E-state index is 0.00834. The van der Waals surface area contributed by atoms with Crippen molar-refractivity contribution in [2.45, 2.75) is 66.1 Å². The number of carbonyl (C=O) groups excluding carboxylic acids is 1. The molecule has 1 aliphatic heterocycles. The van der Waals surface area contributed by atoms with E-state index in [-0.39, 0.29) is 12.1 Å². The summed E-state index contributed by atoms with van der Waals surface area (Å²) in [5.41, 5.74) is 5.10. The van der Waals surface area contributed by atoms with Gasteiger partial charge in [-0.3, -0.25) is 4.90 Å². The van der Waals surface area contributed by atoms with Crippen LogP contribution < -0.4 is 10.6 Å². The van der Waals surface area contributed by atoms with E-state index in [2.05, 4.69) is 96.6 Å². The fourth-order valence-corrected chi connectivity index (χ4v) is 6.06. The lowest BCUT2D eigenvalue weighted by Gasteiger charge is -2.28. The van der Waals surface area contributed by atoms with E-state index in [1.54, 1.807) is 0 Å². The van der Waals surface area contributed by atoms with Crippen molar-refractivity contribution < 1.29 is 4.79 Å². The van der Waals surface area contributed by atoms with Crippen LogP contribution in [-0.2, 0) is 19.5 Å². The molecule has 0 spiro atoms. The van der Waals surface area contributed by atoms with Gasteiger partial charge in [0.2, 0.25) is 0 Å². The fraction of sp³-hybridized carbons (Fsp3) is 0.464. The average molecular weight is 479 g/mol. The Morgan fingerprint density at radius 2 is 1.85 bits per heavy atom. The van der Waals surface area contributed by atoms with Crippen LogP contribution in [0, 0.1) is 12.8 Å². The van der Waals surface area contributed by atoms with Crippen molar-refractivity contribution in [2.75, 3.05) is 13.1 Å². The molecule has 1 unspecified atom stereocenters. The van der Waals surface area contributed by atoms with Gasteiger partial charge in [0.05, 0.1) is 6.04 Å². The number of rotatable bonds is 9. The van der Waals surface area contributed by atoms with E-state index in [1.165, 1.54) is 26.6 Å². The van der Waals surface area contributed by atoms with Crippen LogP contribution in [0.2, 0.25) is 0 Å². The summed E-state index contributed by atoms with van der Waals surface area (Å²) in [5, 5.41) is 7.70. The van der Waals surface area contributed by atoms with Gasteiger partial charge in [-0.2, -0.15) is 0 Å². The molecule has 0 radical (unpaired) electrons. The molecule has 3 aromatic rings. The van der Waals surface area contributed by atoms with E-state index in [0.29, 0.717) is 12.5 Å². The monoisotopic (exact) mass is 478 g/mol. The molecule has 1 atom stereocenters. The number of amides is 2. The molecule has 1 aromatic carbocycles. The van der Waals surface area contributed by atoms with Gasteiger partial charge in [0.15, 0.2) is 0 Å². The second-order valence-electron chi connectivity index (χ2n) is 9.77. The molecule has 4 rings (SSSR count). The molecule has 0 saturated carbocycles. The van der Waals surface area contributed by atoms with Crippen molar-refractivity contribution in [2.24, 2.45) is 5.92 Å². The number of aryl methyl sites for hydroxylation is 1. The van der Waals surface area contributed by atoms with Crippen molar-refractivity contribution in [3.05, 3.63) is 75.9 Å². The summed E-state index contributed by atoms with van der Waals surface area (Å²) in [4.78, 5) is 17.0. The molecule has 0 fully saturated rings. The third-order valence-corrected chi connectivity index (χ3v) is 7.95. The predicted octanol–water partition coefficient (Wildman–Crippen LogP) is 6.20. The van der Waals surface area contributed by atoms with Gasteiger partial charge < -0.3 is 15.2 Å². The van der Waals surface area contributed by atoms with Crippen LogP contribution in [0.1, 0.15) is 66.8 Å². The Bertz CT molecular complexity index is 1070. The number of benzene rings is 1. The van der Waals surface area contributed by atoms with Gasteiger partial charge in [0.1, 0.15) is 5.00 Å². The highest BCUT2D eigenvalue weighted by Crippen LogP contribution is 2.41. The zero-order valence-corrected chi connectivity index (χ0v) is 21.8. The summed E-state index contributed by atoms with van der Waals surface area (Å²) in [6.45, 7) is 12.5. The van der Waals surface area contributed by atoms with Gasteiger partial charge in [-0.25, -0.2) is 4.79 Å². The van der Waals surface area contributed by atoms with Crippen LogP contribution in [0.15, 0.2) is 48.8 Å². The number of fused-ring (bicyclic) bond motifs is 1. The number of nitrogens with zero attached hydrogens (tertiary/aromatic N) is 2. The van der Waals surface area contributed by atoms with E-state index in [0.717, 1.165) is 44.5 Å². The van der Waals surface area contributed by atoms with Gasteiger partial charge in [0, 0.05) is 42.5 Å². The van der Waals surface area contributed by atoms with E-state index in [4.69, 9.17) is 0 Å². The van der Waals surface area contributed by atoms with E-state index < -0.39 is 0 Å². The predicted molar refractivity (Wildman–Crippen MR) is 142 cm³/mol. The van der Waals surface area contributed by atoms with Crippen LogP contribution in [-0.4, -0.2) is 28.6 Å². The number of carbonyl (C=O) groups is 1. The smallest absolute Gasteiger partial charge is 0.315 e. The first-order valence-electron chi connectivity index (χ1n) is 12.5. The molecule has 2 N–H and O–H groups in total. The average Bonchev–Trinajstić information content (AvgIpc) is 3.48. The number of urea groups is 1. The molecular weight excluding hydrogens is 440 g/mol. The maximum atomic E-state index is 13.1. The highest BCUT2D eigenvalue weighted by atomic mass is 32.1. The summed E-state index contributed by atoms with van der Waals surface area (Å²) in [5.74, 6) is 0.583. The third kappa shape index (κ3) is 5.91. The number of nitrogens with one attached hydrogen (secondary N) is 2. The summed E-state index contributed by atoms with van der Waals surface area (Å²) in [6.07, 6.45) is 7.29. The Morgan fingerprint density at radius 1 is 1.12 bits per heavy atom. The molecule has 182 valence electrons. The van der Waals surface area contributed by atoms with Gasteiger partial charge in [-0.1, -0.05) is 50.6 Å². The third-order valence-electron chi connectivity index (χ3n) is 6.70. The Labute approximate surface area is 208 Å². The summed E-state index contributed by atoms with van der Waals surface area (Å²) in [7, 11) is 0. The van der Waals surface area contributed by atoms with Crippen molar-refractivity contribution in [1.29, 1.82) is 0 Å². The second-order valence-corrected chi connectivity index (χ2v) is 10.9. The molecule has 2 aromatic heterocycles. The molecule has 0 bridgehead atoms. The largest absolute Gasteiger partial charge is 0.334 e. The topological polar surface area (TPSA) is 49.3 Å². The minimum Gasteiger partial charge on any atom is -0.334 e. The second kappa shape index (κ2) is 11.2. The first-order chi connectivity index (χ1) is 16.4. The number of likely N-dealkylation sites (N-methyl/N-ethyl adjacent to an activating group) is 1. The maximum Gasteiger partial charge on any atom is 0.315 e. The lowest BCUT2D eigenvalue weighted by Crippen LogP contribution is -2.38. The van der Waals surface area contributed by atoms with Crippen LogP contribution in [0.3, 0.4) is 0 Å². The summed E-state index contributed by atoms with van der Waals surface area (Å²) in [6, 6.07) is 12.4. The lowest BCUT2D eigenvalue weighted by atomic mass is 9.92. The first kappa shape index (κ1) is 24.6. The maximum absolute atomic E-state index is 13.1. The SMILES string of the molecule is CCN1CCc2c(sc(-n3cccc3)c2C(CCC(C)C)NC(=O)NCc2ccc(C)cc2)C1. The van der Waals surface area contributed by atoms with Crippen molar-refractivity contribution in [3.8, 4) is 5.00 Å². The Kier molecular flexibility index (Phi) is 8.11. The minimum atomic E-state index is -0.0984. The molecule has 3 heterocycles. The van der Waals surface area contributed by atoms with Gasteiger partial charge >= 0.3 is 6.03 Å². The van der Waals surface area contributed by atoms with Gasteiger partial charge in [-0.05, 0) is 61.9 Å². The summed E-state index contributed by atoms with van der Waals surface area (Å²) < 4.78 is 2.23. The molecule has 0 saturated heterocycles. The van der Waals surface area contributed by atoms with Gasteiger partial charge in [0.25, 0.3) is 0 Å². The molecule has 34 heavy (non-hydrogen) atoms. The number of hydrogen-bond donors (Lipinski definition) is 2. The van der Waals surface area contributed by atoms with Crippen molar-refractivity contribution in [3.63, 3.8) is 0 Å². The fourth-order valence-electron chi connectivity index (χ4n) is 4.64. The quantitative estimate of drug-likeness (QED) is 0.385. The molecule has 2 amide bonds. The Hall–Kier alpha value is -2.57. The number of hydrogen-bond acceptors (Lipinski definition) is 3. The highest BCUT2D eigenvalue weighted by Gasteiger charge is 2.30. The molecule has 0 aliphatic carbocycles. The highest BCUT2D eigenvalue weighted by molar-refractivity contribution is 7.15. The van der Waals surface area contributed by atoms with Crippen LogP contribution in [0.4, 0.5) is 4.79 Å². The van der Waals surface area contributed by atoms with Crippen molar-refractivity contribution in [1.82, 2.24) is 20.1 Å².